The Morgan fingerprint density at radius 2 is 2.08 bits per heavy atom. The van der Waals surface area contributed by atoms with Crippen molar-refractivity contribution in [3.05, 3.63) is 12.7 Å². The molecule has 0 radical (unpaired) electrons. The summed E-state index contributed by atoms with van der Waals surface area (Å²) in [6.07, 6.45) is 1.06. The Morgan fingerprint density at radius 3 is 2.50 bits per heavy atom. The van der Waals surface area contributed by atoms with E-state index in [1.54, 1.807) is 0 Å². The highest BCUT2D eigenvalue weighted by Crippen LogP contribution is 2.06. The highest BCUT2D eigenvalue weighted by molar-refractivity contribution is 5.81. The van der Waals surface area contributed by atoms with Crippen LogP contribution in [-0.4, -0.2) is 18.4 Å². The maximum absolute atomic E-state index is 10.5. The van der Waals surface area contributed by atoms with Gasteiger partial charge in [-0.05, 0) is 20.8 Å². The monoisotopic (exact) mass is 174 g/mol. The molecule has 0 heterocycles. The molecule has 0 fully saturated rings. The number of esters is 1. The SMILES string of the molecule is C=CC(=O)OCOOC(C)(C)C. The van der Waals surface area contributed by atoms with Crippen molar-refractivity contribution in [2.45, 2.75) is 26.4 Å². The summed E-state index contributed by atoms with van der Waals surface area (Å²) in [6.45, 7) is 8.46. The van der Waals surface area contributed by atoms with Gasteiger partial charge in [-0.3, -0.25) is 0 Å². The van der Waals surface area contributed by atoms with E-state index in [-0.39, 0.29) is 6.79 Å². The standard InChI is InChI=1S/C8H14O4/c1-5-7(9)10-6-11-12-8(2,3)4/h5H,1,6H2,2-4H3. The van der Waals surface area contributed by atoms with Crippen LogP contribution in [0.4, 0.5) is 0 Å². The number of carbonyl (C=O) groups is 1. The minimum absolute atomic E-state index is 0.220. The number of hydrogen-bond acceptors (Lipinski definition) is 4. The maximum Gasteiger partial charge on any atom is 0.332 e. The molecule has 0 rings (SSSR count). The van der Waals surface area contributed by atoms with Gasteiger partial charge in [-0.15, -0.1) is 0 Å². The lowest BCUT2D eigenvalue weighted by Gasteiger charge is -2.16. The van der Waals surface area contributed by atoms with Crippen LogP contribution in [0.15, 0.2) is 12.7 Å². The summed E-state index contributed by atoms with van der Waals surface area (Å²) < 4.78 is 4.48. The molecule has 0 aliphatic heterocycles. The van der Waals surface area contributed by atoms with Crippen LogP contribution in [0.3, 0.4) is 0 Å². The van der Waals surface area contributed by atoms with E-state index in [0.717, 1.165) is 6.08 Å². The molecule has 0 saturated heterocycles. The fraction of sp³-hybridized carbons (Fsp3) is 0.625. The average molecular weight is 174 g/mol. The van der Waals surface area contributed by atoms with E-state index in [1.807, 2.05) is 20.8 Å². The zero-order valence-electron chi connectivity index (χ0n) is 7.62. The van der Waals surface area contributed by atoms with Crippen molar-refractivity contribution < 1.29 is 19.3 Å². The van der Waals surface area contributed by atoms with E-state index >= 15 is 0 Å². The highest BCUT2D eigenvalue weighted by Gasteiger charge is 2.11. The van der Waals surface area contributed by atoms with Gasteiger partial charge in [-0.1, -0.05) is 6.58 Å². The summed E-state index contributed by atoms with van der Waals surface area (Å²) >= 11 is 0. The van der Waals surface area contributed by atoms with Crippen molar-refractivity contribution in [2.24, 2.45) is 0 Å². The Balaban J connectivity index is 3.34. The molecule has 0 bridgehead atoms. The Bertz CT molecular complexity index is 157. The van der Waals surface area contributed by atoms with E-state index in [0.29, 0.717) is 0 Å². The Morgan fingerprint density at radius 1 is 1.50 bits per heavy atom. The molecule has 0 aromatic carbocycles. The quantitative estimate of drug-likeness (QED) is 0.161. The first kappa shape index (κ1) is 11.1. The molecule has 0 atom stereocenters. The summed E-state index contributed by atoms with van der Waals surface area (Å²) in [6, 6.07) is 0. The van der Waals surface area contributed by atoms with Gasteiger partial charge in [0.2, 0.25) is 6.79 Å². The molecule has 0 aromatic heterocycles. The summed E-state index contributed by atoms with van der Waals surface area (Å²) in [4.78, 5) is 19.9. The van der Waals surface area contributed by atoms with Crippen LogP contribution in [0.5, 0.6) is 0 Å². The lowest BCUT2D eigenvalue weighted by Crippen LogP contribution is -2.20. The van der Waals surface area contributed by atoms with Gasteiger partial charge < -0.3 is 4.74 Å². The van der Waals surface area contributed by atoms with Crippen molar-refractivity contribution >= 4 is 5.97 Å². The fourth-order valence-corrected chi connectivity index (χ4v) is 0.342. The zero-order valence-corrected chi connectivity index (χ0v) is 7.62. The average Bonchev–Trinajstić information content (AvgIpc) is 1.96. The molecule has 0 aliphatic carbocycles. The lowest BCUT2D eigenvalue weighted by molar-refractivity contribution is -0.375. The number of hydrogen-bond donors (Lipinski definition) is 0. The highest BCUT2D eigenvalue weighted by atomic mass is 17.2. The number of carbonyl (C=O) groups excluding carboxylic acids is 1. The van der Waals surface area contributed by atoms with Crippen LogP contribution in [0, 0.1) is 0 Å². The number of rotatable bonds is 4. The molecule has 0 aliphatic rings. The molecule has 0 aromatic rings. The van der Waals surface area contributed by atoms with E-state index < -0.39 is 11.6 Å². The second-order valence-corrected chi connectivity index (χ2v) is 3.10. The second-order valence-electron chi connectivity index (χ2n) is 3.10. The molecule has 0 unspecified atom stereocenters. The minimum atomic E-state index is -0.535. The predicted molar refractivity (Wildman–Crippen MR) is 43.1 cm³/mol. The normalized spacial score (nSPS) is 10.9. The summed E-state index contributed by atoms with van der Waals surface area (Å²) in [7, 11) is 0. The number of ether oxygens (including phenoxy) is 1. The van der Waals surface area contributed by atoms with Gasteiger partial charge in [-0.25, -0.2) is 9.68 Å². The van der Waals surface area contributed by atoms with E-state index in [9.17, 15) is 4.79 Å². The lowest BCUT2D eigenvalue weighted by atomic mass is 10.2. The van der Waals surface area contributed by atoms with Crippen LogP contribution < -0.4 is 0 Å². The topological polar surface area (TPSA) is 44.8 Å². The zero-order chi connectivity index (χ0) is 9.61. The fourth-order valence-electron chi connectivity index (χ4n) is 0.342. The minimum Gasteiger partial charge on any atom is -0.432 e. The molecule has 70 valence electrons. The van der Waals surface area contributed by atoms with Crippen LogP contribution in [0.25, 0.3) is 0 Å². The third kappa shape index (κ3) is 7.24. The summed E-state index contributed by atoms with van der Waals surface area (Å²) in [5, 5.41) is 0. The Labute approximate surface area is 72.0 Å². The van der Waals surface area contributed by atoms with Gasteiger partial charge in [0.05, 0.1) is 5.60 Å². The third-order valence-corrected chi connectivity index (χ3v) is 0.725. The largest absolute Gasteiger partial charge is 0.432 e. The van der Waals surface area contributed by atoms with Crippen molar-refractivity contribution in [1.29, 1.82) is 0 Å². The molecule has 4 heteroatoms. The van der Waals surface area contributed by atoms with Crippen molar-refractivity contribution in [2.75, 3.05) is 6.79 Å². The second kappa shape index (κ2) is 4.90. The van der Waals surface area contributed by atoms with Crippen molar-refractivity contribution in [1.82, 2.24) is 0 Å². The van der Waals surface area contributed by atoms with E-state index in [1.165, 1.54) is 0 Å². The maximum atomic E-state index is 10.5. The smallest absolute Gasteiger partial charge is 0.332 e. The van der Waals surface area contributed by atoms with Gasteiger partial charge in [0.1, 0.15) is 0 Å². The van der Waals surface area contributed by atoms with Crippen LogP contribution in [-0.2, 0) is 19.3 Å². The first-order valence-corrected chi connectivity index (χ1v) is 3.55. The Kier molecular flexibility index (Phi) is 4.54. The van der Waals surface area contributed by atoms with Gasteiger partial charge in [-0.2, -0.15) is 4.89 Å². The van der Waals surface area contributed by atoms with Crippen molar-refractivity contribution in [3.8, 4) is 0 Å². The Hall–Kier alpha value is -0.870. The third-order valence-electron chi connectivity index (χ3n) is 0.725. The predicted octanol–water partition coefficient (Wildman–Crippen LogP) is 1.42. The van der Waals surface area contributed by atoms with Crippen LogP contribution in [0.1, 0.15) is 20.8 Å². The van der Waals surface area contributed by atoms with Gasteiger partial charge in [0.15, 0.2) is 0 Å². The van der Waals surface area contributed by atoms with E-state index in [4.69, 9.17) is 4.89 Å². The molecule has 4 nitrogen and oxygen atoms in total. The van der Waals surface area contributed by atoms with Crippen LogP contribution in [0.2, 0.25) is 0 Å². The molecular weight excluding hydrogens is 160 g/mol. The summed E-state index contributed by atoms with van der Waals surface area (Å²) in [5.41, 5.74) is -0.402. The molecule has 12 heavy (non-hydrogen) atoms. The van der Waals surface area contributed by atoms with Gasteiger partial charge in [0, 0.05) is 6.08 Å². The van der Waals surface area contributed by atoms with Gasteiger partial charge in [0.25, 0.3) is 0 Å². The molecule has 0 amide bonds. The van der Waals surface area contributed by atoms with Gasteiger partial charge >= 0.3 is 5.97 Å². The molecule has 0 spiro atoms. The van der Waals surface area contributed by atoms with Crippen LogP contribution >= 0.6 is 0 Å². The molecule has 0 saturated carbocycles. The first-order chi connectivity index (χ1) is 5.45. The summed E-state index contributed by atoms with van der Waals surface area (Å²) in [5.74, 6) is -0.535. The molecular formula is C8H14O4. The van der Waals surface area contributed by atoms with E-state index in [2.05, 4.69) is 16.2 Å². The first-order valence-electron chi connectivity index (χ1n) is 3.55. The van der Waals surface area contributed by atoms with Crippen molar-refractivity contribution in [3.63, 3.8) is 0 Å². The molecule has 0 N–H and O–H groups in total.